The zero-order valence-electron chi connectivity index (χ0n) is 17.4. The van der Waals surface area contributed by atoms with Gasteiger partial charge in [-0.2, -0.15) is 0 Å². The van der Waals surface area contributed by atoms with E-state index < -0.39 is 8.07 Å². The summed E-state index contributed by atoms with van der Waals surface area (Å²) < 4.78 is 0. The van der Waals surface area contributed by atoms with Gasteiger partial charge in [0.15, 0.2) is 0 Å². The van der Waals surface area contributed by atoms with E-state index in [-0.39, 0.29) is 0 Å². The number of hydrogen-bond acceptors (Lipinski definition) is 2. The molecule has 1 fully saturated rings. The van der Waals surface area contributed by atoms with Crippen molar-refractivity contribution in [3.63, 3.8) is 0 Å². The maximum absolute atomic E-state index is 11.2. The maximum atomic E-state index is 11.2. The van der Waals surface area contributed by atoms with Crippen molar-refractivity contribution in [1.82, 2.24) is 0 Å². The van der Waals surface area contributed by atoms with E-state index >= 15 is 0 Å². The lowest BCUT2D eigenvalue weighted by Crippen LogP contribution is -2.38. The first kappa shape index (κ1) is 19.9. The third kappa shape index (κ3) is 4.35. The summed E-state index contributed by atoms with van der Waals surface area (Å²) in [5.74, 6) is 1.74. The van der Waals surface area contributed by atoms with Crippen molar-refractivity contribution in [2.75, 3.05) is 0 Å². The van der Waals surface area contributed by atoms with E-state index in [9.17, 15) is 5.11 Å². The van der Waals surface area contributed by atoms with Crippen LogP contribution in [0, 0.1) is 11.8 Å². The van der Waals surface area contributed by atoms with E-state index in [1.807, 2.05) is 24.4 Å². The summed E-state index contributed by atoms with van der Waals surface area (Å²) in [6.45, 7) is 11.5. The molecule has 0 aliphatic heterocycles. The Balaban J connectivity index is 2.06. The van der Waals surface area contributed by atoms with Crippen LogP contribution in [0.2, 0.25) is 19.6 Å². The summed E-state index contributed by atoms with van der Waals surface area (Å²) >= 11 is 0. The number of aliphatic imine (C=N–C) groups is 1. The van der Waals surface area contributed by atoms with Gasteiger partial charge in [0.2, 0.25) is 0 Å². The molecule has 3 rings (SSSR count). The number of benzene rings is 2. The molecule has 3 atom stereocenters. The molecule has 1 saturated carbocycles. The second-order valence-corrected chi connectivity index (χ2v) is 14.2. The third-order valence-corrected chi connectivity index (χ3v) is 8.19. The molecule has 1 N–H and O–H groups in total. The summed E-state index contributed by atoms with van der Waals surface area (Å²) in [5, 5.41) is 12.3. The number of phenolic OH excluding ortho intramolecular Hbond substituents is 1. The van der Waals surface area contributed by atoms with Gasteiger partial charge in [0.05, 0.1) is 14.1 Å². The molecule has 0 saturated heterocycles. The van der Waals surface area contributed by atoms with Crippen LogP contribution >= 0.6 is 0 Å². The molecule has 1 aliphatic rings. The van der Waals surface area contributed by atoms with E-state index in [2.05, 4.69) is 57.8 Å². The molecule has 0 aromatic heterocycles. The van der Waals surface area contributed by atoms with Crippen LogP contribution < -0.4 is 5.19 Å². The molecular weight excluding hydrogens is 346 g/mol. The van der Waals surface area contributed by atoms with Gasteiger partial charge in [0.25, 0.3) is 0 Å². The number of aromatic hydroxyl groups is 1. The Bertz CT molecular complexity index is 807. The first-order valence-corrected chi connectivity index (χ1v) is 13.7. The lowest BCUT2D eigenvalue weighted by atomic mass is 9.78. The fourth-order valence-corrected chi connectivity index (χ4v) is 5.58. The number of rotatable bonds is 4. The highest BCUT2D eigenvalue weighted by Crippen LogP contribution is 2.33. The summed E-state index contributed by atoms with van der Waals surface area (Å²) in [5.41, 5.74) is 3.07. The monoisotopic (exact) mass is 379 g/mol. The van der Waals surface area contributed by atoms with Gasteiger partial charge in [-0.05, 0) is 34.6 Å². The molecule has 0 heterocycles. The zero-order chi connectivity index (χ0) is 19.6. The van der Waals surface area contributed by atoms with Crippen LogP contribution in [-0.4, -0.2) is 25.4 Å². The van der Waals surface area contributed by atoms with Gasteiger partial charge in [-0.3, -0.25) is 4.99 Å². The van der Waals surface area contributed by atoms with Gasteiger partial charge < -0.3 is 5.11 Å². The number of phenols is 1. The highest BCUT2D eigenvalue weighted by Gasteiger charge is 2.27. The van der Waals surface area contributed by atoms with Crippen LogP contribution in [0.15, 0.2) is 47.5 Å². The molecule has 2 aromatic rings. The van der Waals surface area contributed by atoms with Crippen LogP contribution in [0.1, 0.15) is 38.7 Å². The van der Waals surface area contributed by atoms with Crippen molar-refractivity contribution in [1.29, 1.82) is 0 Å². The van der Waals surface area contributed by atoms with Gasteiger partial charge >= 0.3 is 0 Å². The highest BCUT2D eigenvalue weighted by atomic mass is 28.3. The van der Waals surface area contributed by atoms with Gasteiger partial charge in [0.1, 0.15) is 5.75 Å². The van der Waals surface area contributed by atoms with Crippen molar-refractivity contribution < 1.29 is 5.11 Å². The molecule has 0 spiro atoms. The fourth-order valence-electron chi connectivity index (χ4n) is 4.15. The van der Waals surface area contributed by atoms with Crippen LogP contribution in [0.4, 0.5) is 0 Å². The smallest absolute Gasteiger partial charge is 0.124 e. The lowest BCUT2D eigenvalue weighted by molar-refractivity contribution is 0.242. The topological polar surface area (TPSA) is 32.6 Å². The molecule has 0 radical (unpaired) electrons. The van der Waals surface area contributed by atoms with E-state index in [0.717, 1.165) is 34.2 Å². The lowest BCUT2D eigenvalue weighted by Gasteiger charge is -2.31. The zero-order valence-corrected chi connectivity index (χ0v) is 18.4. The Morgan fingerprint density at radius 2 is 1.70 bits per heavy atom. The summed E-state index contributed by atoms with van der Waals surface area (Å²) in [7, 11) is -1.64. The molecule has 3 heteroatoms. The molecule has 0 amide bonds. The first-order valence-electron chi connectivity index (χ1n) is 10.2. The van der Waals surface area contributed by atoms with Crippen LogP contribution in [0.3, 0.4) is 0 Å². The number of nitrogens with zero attached hydrogens (tertiary/aromatic N) is 1. The van der Waals surface area contributed by atoms with Crippen molar-refractivity contribution in [2.24, 2.45) is 16.8 Å². The van der Waals surface area contributed by atoms with Crippen molar-refractivity contribution in [3.05, 3.63) is 48.0 Å². The second-order valence-electron chi connectivity index (χ2n) is 9.15. The summed E-state index contributed by atoms with van der Waals surface area (Å²) in [6.07, 6.45) is 5.66. The Morgan fingerprint density at radius 3 is 2.37 bits per heavy atom. The van der Waals surface area contributed by atoms with Gasteiger partial charge in [-0.1, -0.05) is 88.8 Å². The molecule has 2 nitrogen and oxygen atoms in total. The minimum absolute atomic E-state index is 0.354. The van der Waals surface area contributed by atoms with E-state index in [1.165, 1.54) is 12.8 Å². The summed E-state index contributed by atoms with van der Waals surface area (Å²) in [6, 6.07) is 15.0. The number of hydrogen-bond donors (Lipinski definition) is 1. The average molecular weight is 380 g/mol. The maximum Gasteiger partial charge on any atom is 0.124 e. The molecule has 0 bridgehead atoms. The van der Waals surface area contributed by atoms with E-state index in [4.69, 9.17) is 4.99 Å². The van der Waals surface area contributed by atoms with Crippen LogP contribution in [0.5, 0.6) is 5.75 Å². The predicted molar refractivity (Wildman–Crippen MR) is 120 cm³/mol. The predicted octanol–water partition coefficient (Wildman–Crippen LogP) is 5.85. The van der Waals surface area contributed by atoms with Crippen molar-refractivity contribution in [3.8, 4) is 16.9 Å². The van der Waals surface area contributed by atoms with Crippen LogP contribution in [0.25, 0.3) is 11.1 Å². The quantitative estimate of drug-likeness (QED) is 0.524. The Hall–Kier alpha value is -1.87. The third-order valence-electron chi connectivity index (χ3n) is 6.17. The van der Waals surface area contributed by atoms with Gasteiger partial charge in [-0.15, -0.1) is 0 Å². The molecular formula is C24H33NOSi. The van der Waals surface area contributed by atoms with Crippen molar-refractivity contribution >= 4 is 19.5 Å². The molecule has 144 valence electrons. The van der Waals surface area contributed by atoms with Crippen LogP contribution in [-0.2, 0) is 0 Å². The van der Waals surface area contributed by atoms with Crippen molar-refractivity contribution in [2.45, 2.75) is 58.8 Å². The SMILES string of the molecule is CC1CCCC(N=Cc2c(-c3ccccc3)ccc([Si](C)(C)C)c2O)C1C. The minimum atomic E-state index is -1.64. The van der Waals surface area contributed by atoms with Gasteiger partial charge in [-0.25, -0.2) is 0 Å². The standard InChI is InChI=1S/C24H33NOSi/c1-17-10-9-13-22(18(17)2)25-16-21-20(19-11-7-6-8-12-19)14-15-23(24(21)26)27(3,4)5/h6-8,11-12,14-18,22,26H,9-10,13H2,1-5H3. The first-order chi connectivity index (χ1) is 12.8. The van der Waals surface area contributed by atoms with E-state index in [1.54, 1.807) is 0 Å². The van der Waals surface area contributed by atoms with E-state index in [0.29, 0.717) is 17.7 Å². The average Bonchev–Trinajstić information content (AvgIpc) is 2.63. The molecule has 1 aliphatic carbocycles. The fraction of sp³-hybridized carbons (Fsp3) is 0.458. The summed E-state index contributed by atoms with van der Waals surface area (Å²) in [4.78, 5) is 4.99. The molecule has 27 heavy (non-hydrogen) atoms. The molecule has 3 unspecified atom stereocenters. The Morgan fingerprint density at radius 1 is 1.00 bits per heavy atom. The minimum Gasteiger partial charge on any atom is -0.507 e. The Kier molecular flexibility index (Phi) is 5.90. The largest absolute Gasteiger partial charge is 0.507 e. The highest BCUT2D eigenvalue weighted by molar-refractivity contribution is 6.89. The van der Waals surface area contributed by atoms with Gasteiger partial charge in [0, 0.05) is 11.8 Å². The molecule has 2 aromatic carbocycles. The normalized spacial score (nSPS) is 23.7. The second kappa shape index (κ2) is 8.01. The Labute approximate surface area is 165 Å².